The Hall–Kier alpha value is -4.78. The summed E-state index contributed by atoms with van der Waals surface area (Å²) in [6.45, 7) is 0.356. The minimum atomic E-state index is -0.823. The summed E-state index contributed by atoms with van der Waals surface area (Å²) < 4.78 is 22.7. The van der Waals surface area contributed by atoms with Crippen molar-refractivity contribution in [3.8, 4) is 51.3 Å². The summed E-state index contributed by atoms with van der Waals surface area (Å²) in [5.74, 6) is 2.59. The molecule has 0 fully saturated rings. The molecular weight excluding hydrogens is 482 g/mol. The standard InChI is InChI=1S/C31H27NO6/c1-35-25-12-7-20(8-13-25)29-30(21-9-14-26(36-2)15-10-21)38-31(32-29)24-6-5-23-19-27(16-11-22(23)18-24)37-17-3-4-28(33)34/h5-16,18-19H,3-4,17H2,1-2H3,(H,33,34). The van der Waals surface area contributed by atoms with Crippen LogP contribution >= 0.6 is 0 Å². The van der Waals surface area contributed by atoms with E-state index in [0.29, 0.717) is 30.4 Å². The maximum absolute atomic E-state index is 10.7. The van der Waals surface area contributed by atoms with Crippen LogP contribution in [0.25, 0.3) is 44.8 Å². The minimum Gasteiger partial charge on any atom is -0.497 e. The van der Waals surface area contributed by atoms with Crippen molar-refractivity contribution in [1.29, 1.82) is 0 Å². The number of ether oxygens (including phenoxy) is 3. The van der Waals surface area contributed by atoms with Gasteiger partial charge in [0.25, 0.3) is 0 Å². The van der Waals surface area contributed by atoms with E-state index in [-0.39, 0.29) is 6.42 Å². The molecule has 0 aliphatic rings. The highest BCUT2D eigenvalue weighted by Gasteiger charge is 2.19. The van der Waals surface area contributed by atoms with Crippen molar-refractivity contribution < 1.29 is 28.5 Å². The molecule has 1 N–H and O–H groups in total. The molecule has 0 bridgehead atoms. The van der Waals surface area contributed by atoms with E-state index in [4.69, 9.17) is 28.7 Å². The van der Waals surface area contributed by atoms with Crippen LogP contribution in [0.2, 0.25) is 0 Å². The molecule has 0 spiro atoms. The second kappa shape index (κ2) is 11.1. The predicted octanol–water partition coefficient (Wildman–Crippen LogP) is 7.09. The maximum Gasteiger partial charge on any atom is 0.303 e. The first-order valence-electron chi connectivity index (χ1n) is 12.2. The Bertz CT molecular complexity index is 1490. The number of aromatic nitrogens is 1. The maximum atomic E-state index is 10.7. The summed E-state index contributed by atoms with van der Waals surface area (Å²) in [5.41, 5.74) is 3.39. The highest BCUT2D eigenvalue weighted by atomic mass is 16.5. The Morgan fingerprint density at radius 1 is 0.763 bits per heavy atom. The van der Waals surface area contributed by atoms with Crippen molar-refractivity contribution in [2.45, 2.75) is 12.8 Å². The number of carboxylic acids is 1. The van der Waals surface area contributed by atoms with Crippen molar-refractivity contribution in [3.63, 3.8) is 0 Å². The second-order valence-electron chi connectivity index (χ2n) is 8.72. The lowest BCUT2D eigenvalue weighted by Gasteiger charge is -2.07. The average Bonchev–Trinajstić information content (AvgIpc) is 3.40. The third-order valence-corrected chi connectivity index (χ3v) is 6.21. The number of oxazole rings is 1. The van der Waals surface area contributed by atoms with Crippen molar-refractivity contribution >= 4 is 16.7 Å². The number of hydrogen-bond donors (Lipinski definition) is 1. The van der Waals surface area contributed by atoms with Gasteiger partial charge in [-0.2, -0.15) is 0 Å². The van der Waals surface area contributed by atoms with E-state index in [1.54, 1.807) is 14.2 Å². The normalized spacial score (nSPS) is 10.9. The zero-order chi connectivity index (χ0) is 26.5. The molecule has 0 radical (unpaired) electrons. The van der Waals surface area contributed by atoms with Gasteiger partial charge in [0.2, 0.25) is 5.89 Å². The molecule has 38 heavy (non-hydrogen) atoms. The molecule has 0 amide bonds. The molecule has 0 saturated carbocycles. The summed E-state index contributed by atoms with van der Waals surface area (Å²) in [6, 6.07) is 27.2. The van der Waals surface area contributed by atoms with Gasteiger partial charge in [-0.25, -0.2) is 4.98 Å². The molecule has 7 heteroatoms. The first-order chi connectivity index (χ1) is 18.5. The SMILES string of the molecule is COc1ccc(-c2nc(-c3ccc4cc(OCCCC(=O)O)ccc4c3)oc2-c2ccc(OC)cc2)cc1. The van der Waals surface area contributed by atoms with E-state index < -0.39 is 5.97 Å². The van der Waals surface area contributed by atoms with Gasteiger partial charge in [0.05, 0.1) is 20.8 Å². The first kappa shape index (κ1) is 24.9. The monoisotopic (exact) mass is 509 g/mol. The molecule has 7 nitrogen and oxygen atoms in total. The molecule has 0 unspecified atom stereocenters. The fraction of sp³-hybridized carbons (Fsp3) is 0.161. The molecule has 0 aliphatic carbocycles. The van der Waals surface area contributed by atoms with Crippen molar-refractivity contribution in [2.75, 3.05) is 20.8 Å². The second-order valence-corrected chi connectivity index (χ2v) is 8.72. The fourth-order valence-corrected chi connectivity index (χ4v) is 4.19. The van der Waals surface area contributed by atoms with Crippen molar-refractivity contribution in [1.82, 2.24) is 4.98 Å². The fourth-order valence-electron chi connectivity index (χ4n) is 4.19. The lowest BCUT2D eigenvalue weighted by Crippen LogP contribution is -2.01. The van der Waals surface area contributed by atoms with E-state index in [0.717, 1.165) is 44.7 Å². The van der Waals surface area contributed by atoms with Gasteiger partial charge in [-0.1, -0.05) is 12.1 Å². The van der Waals surface area contributed by atoms with Crippen LogP contribution in [-0.4, -0.2) is 36.9 Å². The van der Waals surface area contributed by atoms with Gasteiger partial charge in [0.1, 0.15) is 22.9 Å². The van der Waals surface area contributed by atoms with Gasteiger partial charge < -0.3 is 23.7 Å². The van der Waals surface area contributed by atoms with Gasteiger partial charge in [0.15, 0.2) is 5.76 Å². The number of methoxy groups -OCH3 is 2. The van der Waals surface area contributed by atoms with E-state index in [1.807, 2.05) is 84.9 Å². The number of fused-ring (bicyclic) bond motifs is 1. The highest BCUT2D eigenvalue weighted by molar-refractivity contribution is 5.88. The van der Waals surface area contributed by atoms with E-state index >= 15 is 0 Å². The number of rotatable bonds is 10. The van der Waals surface area contributed by atoms with Crippen molar-refractivity contribution in [3.05, 3.63) is 84.9 Å². The van der Waals surface area contributed by atoms with Crippen LogP contribution in [-0.2, 0) is 4.79 Å². The molecular formula is C31H27NO6. The van der Waals surface area contributed by atoms with Gasteiger partial charge in [-0.15, -0.1) is 0 Å². The van der Waals surface area contributed by atoms with Crippen LogP contribution in [0.4, 0.5) is 0 Å². The smallest absolute Gasteiger partial charge is 0.303 e. The number of nitrogens with zero attached hydrogens (tertiary/aromatic N) is 1. The van der Waals surface area contributed by atoms with E-state index in [9.17, 15) is 4.79 Å². The number of carboxylic acid groups (broad SMARTS) is 1. The Balaban J connectivity index is 1.48. The molecule has 0 saturated heterocycles. The Morgan fingerprint density at radius 2 is 1.34 bits per heavy atom. The van der Waals surface area contributed by atoms with Crippen LogP contribution in [0.1, 0.15) is 12.8 Å². The Morgan fingerprint density at radius 3 is 2.00 bits per heavy atom. The molecule has 0 aliphatic heterocycles. The zero-order valence-electron chi connectivity index (χ0n) is 21.1. The van der Waals surface area contributed by atoms with Gasteiger partial charge in [-0.05, 0) is 90.0 Å². The van der Waals surface area contributed by atoms with Crippen LogP contribution in [0.3, 0.4) is 0 Å². The lowest BCUT2D eigenvalue weighted by atomic mass is 10.1. The Kier molecular flexibility index (Phi) is 7.26. The zero-order valence-corrected chi connectivity index (χ0v) is 21.1. The largest absolute Gasteiger partial charge is 0.497 e. The van der Waals surface area contributed by atoms with Crippen LogP contribution in [0, 0.1) is 0 Å². The highest BCUT2D eigenvalue weighted by Crippen LogP contribution is 2.38. The third kappa shape index (κ3) is 5.47. The summed E-state index contributed by atoms with van der Waals surface area (Å²) in [5, 5.41) is 10.8. The number of benzene rings is 4. The lowest BCUT2D eigenvalue weighted by molar-refractivity contribution is -0.137. The topological polar surface area (TPSA) is 91.0 Å². The van der Waals surface area contributed by atoms with Crippen LogP contribution in [0.15, 0.2) is 89.3 Å². The predicted molar refractivity (Wildman–Crippen MR) is 146 cm³/mol. The number of hydrogen-bond acceptors (Lipinski definition) is 6. The van der Waals surface area contributed by atoms with Gasteiger partial charge in [0, 0.05) is 23.1 Å². The summed E-state index contributed by atoms with van der Waals surface area (Å²) in [7, 11) is 3.28. The summed E-state index contributed by atoms with van der Waals surface area (Å²) in [6.07, 6.45) is 0.549. The summed E-state index contributed by atoms with van der Waals surface area (Å²) >= 11 is 0. The van der Waals surface area contributed by atoms with Crippen molar-refractivity contribution in [2.24, 2.45) is 0 Å². The molecule has 4 aromatic carbocycles. The average molecular weight is 510 g/mol. The molecule has 5 aromatic rings. The quantitative estimate of drug-likeness (QED) is 0.201. The van der Waals surface area contributed by atoms with Gasteiger partial charge in [-0.3, -0.25) is 4.79 Å². The summed E-state index contributed by atoms with van der Waals surface area (Å²) in [4.78, 5) is 15.6. The van der Waals surface area contributed by atoms with Crippen LogP contribution < -0.4 is 14.2 Å². The Labute approximate surface area is 220 Å². The molecule has 1 heterocycles. The molecule has 0 atom stereocenters. The van der Waals surface area contributed by atoms with E-state index in [2.05, 4.69) is 0 Å². The number of carbonyl (C=O) groups is 1. The van der Waals surface area contributed by atoms with Gasteiger partial charge >= 0.3 is 5.97 Å². The van der Waals surface area contributed by atoms with E-state index in [1.165, 1.54) is 0 Å². The molecule has 1 aromatic heterocycles. The first-order valence-corrected chi connectivity index (χ1v) is 12.2. The van der Waals surface area contributed by atoms with Crippen LogP contribution in [0.5, 0.6) is 17.2 Å². The molecule has 192 valence electrons. The minimum absolute atomic E-state index is 0.0874. The third-order valence-electron chi connectivity index (χ3n) is 6.21. The number of aliphatic carboxylic acids is 1. The molecule has 5 rings (SSSR count).